The average Bonchev–Trinajstić information content (AvgIpc) is 3.29. The maximum atomic E-state index is 12.5. The molecule has 33 heavy (non-hydrogen) atoms. The number of rotatable bonds is 7. The maximum Gasteiger partial charge on any atom is 0.313 e. The van der Waals surface area contributed by atoms with E-state index in [1.807, 2.05) is 43.3 Å². The molecule has 166 valence electrons. The van der Waals surface area contributed by atoms with Crippen molar-refractivity contribution in [2.45, 2.75) is 19.5 Å². The van der Waals surface area contributed by atoms with Gasteiger partial charge >= 0.3 is 11.8 Å². The Balaban J connectivity index is 1.55. The van der Waals surface area contributed by atoms with Gasteiger partial charge in [0, 0.05) is 11.8 Å². The zero-order chi connectivity index (χ0) is 23.6. The van der Waals surface area contributed by atoms with Gasteiger partial charge in [-0.15, -0.1) is 0 Å². The Kier molecular flexibility index (Phi) is 7.76. The van der Waals surface area contributed by atoms with E-state index in [0.29, 0.717) is 11.4 Å². The number of benzene rings is 2. The zero-order valence-corrected chi connectivity index (χ0v) is 17.9. The summed E-state index contributed by atoms with van der Waals surface area (Å²) in [5.74, 6) is -1.52. The van der Waals surface area contributed by atoms with Gasteiger partial charge < -0.3 is 20.4 Å². The number of furan rings is 1. The Hall–Kier alpha value is -4.64. The first-order valence-electron chi connectivity index (χ1n) is 10.2. The van der Waals surface area contributed by atoms with Crippen LogP contribution in [-0.4, -0.2) is 17.7 Å². The number of anilines is 1. The fourth-order valence-corrected chi connectivity index (χ4v) is 2.91. The normalized spacial score (nSPS) is 11.7. The first-order valence-corrected chi connectivity index (χ1v) is 10.2. The van der Waals surface area contributed by atoms with Crippen LogP contribution in [0, 0.1) is 11.3 Å². The van der Waals surface area contributed by atoms with Gasteiger partial charge in [0.05, 0.1) is 12.6 Å². The molecule has 8 heteroatoms. The van der Waals surface area contributed by atoms with Crippen molar-refractivity contribution in [2.75, 3.05) is 5.32 Å². The van der Waals surface area contributed by atoms with Crippen LogP contribution in [0.15, 0.2) is 82.8 Å². The molecule has 0 spiro atoms. The minimum absolute atomic E-state index is 0.0337. The van der Waals surface area contributed by atoms with Crippen molar-refractivity contribution < 1.29 is 18.8 Å². The van der Waals surface area contributed by atoms with E-state index < -0.39 is 17.7 Å². The Labute approximate surface area is 190 Å². The van der Waals surface area contributed by atoms with Crippen molar-refractivity contribution in [3.8, 4) is 6.07 Å². The predicted molar refractivity (Wildman–Crippen MR) is 122 cm³/mol. The number of nitrogens with one attached hydrogen (secondary N) is 3. The Bertz CT molecular complexity index is 1190. The second-order valence-electron chi connectivity index (χ2n) is 7.08. The van der Waals surface area contributed by atoms with Gasteiger partial charge in [-0.05, 0) is 36.8 Å². The molecule has 3 aromatic rings. The van der Waals surface area contributed by atoms with Gasteiger partial charge in [0.1, 0.15) is 23.2 Å². The predicted octanol–water partition coefficient (Wildman–Crippen LogP) is 3.32. The second kappa shape index (κ2) is 11.1. The molecule has 2 aromatic carbocycles. The van der Waals surface area contributed by atoms with E-state index in [2.05, 4.69) is 16.0 Å². The van der Waals surface area contributed by atoms with Crippen molar-refractivity contribution in [1.29, 1.82) is 5.26 Å². The summed E-state index contributed by atoms with van der Waals surface area (Å²) in [6.45, 7) is 1.79. The molecule has 0 unspecified atom stereocenters. The van der Waals surface area contributed by atoms with Gasteiger partial charge in [0.25, 0.3) is 5.91 Å². The van der Waals surface area contributed by atoms with Crippen molar-refractivity contribution >= 4 is 29.5 Å². The van der Waals surface area contributed by atoms with Crippen molar-refractivity contribution in [1.82, 2.24) is 10.6 Å². The third kappa shape index (κ3) is 6.67. The summed E-state index contributed by atoms with van der Waals surface area (Å²) in [7, 11) is 0. The average molecular weight is 442 g/mol. The first-order chi connectivity index (χ1) is 16.0. The highest BCUT2D eigenvalue weighted by Gasteiger charge is 2.16. The van der Waals surface area contributed by atoms with Crippen molar-refractivity contribution in [3.05, 3.63) is 95.5 Å². The third-order valence-electron chi connectivity index (χ3n) is 4.64. The van der Waals surface area contributed by atoms with Crippen molar-refractivity contribution in [3.63, 3.8) is 0 Å². The topological polar surface area (TPSA) is 124 Å². The highest BCUT2D eigenvalue weighted by molar-refractivity contribution is 6.39. The minimum Gasteiger partial charge on any atom is -0.460 e. The van der Waals surface area contributed by atoms with Crippen LogP contribution in [0.4, 0.5) is 5.69 Å². The van der Waals surface area contributed by atoms with Crippen LogP contribution in [0.2, 0.25) is 0 Å². The highest BCUT2D eigenvalue weighted by Crippen LogP contribution is 2.15. The number of hydrogen-bond donors (Lipinski definition) is 3. The molecule has 8 nitrogen and oxygen atoms in total. The monoisotopic (exact) mass is 442 g/mol. The molecule has 1 atom stereocenters. The van der Waals surface area contributed by atoms with Crippen LogP contribution in [0.1, 0.15) is 30.0 Å². The standard InChI is InChI=1S/C25H22N4O4/c1-17(18-8-4-2-5-9-18)28-23(30)19(15-26)14-21-12-13-22(33-21)16-27-24(31)25(32)29-20-10-6-3-7-11-20/h2-14,17H,16H2,1H3,(H,27,31)(H,28,30)(H,29,32)/b19-14-/t17-/m1/s1. The van der Waals surface area contributed by atoms with Gasteiger partial charge in [-0.1, -0.05) is 48.5 Å². The van der Waals surface area contributed by atoms with Crippen LogP contribution in [0.5, 0.6) is 0 Å². The van der Waals surface area contributed by atoms with Gasteiger partial charge in [0.15, 0.2) is 0 Å². The molecular formula is C25H22N4O4. The molecule has 3 amide bonds. The summed E-state index contributed by atoms with van der Waals surface area (Å²) in [6.07, 6.45) is 1.32. The van der Waals surface area contributed by atoms with Crippen LogP contribution in [0.3, 0.4) is 0 Å². The van der Waals surface area contributed by atoms with Gasteiger partial charge in [-0.2, -0.15) is 5.26 Å². The minimum atomic E-state index is -0.820. The van der Waals surface area contributed by atoms with Gasteiger partial charge in [-0.3, -0.25) is 14.4 Å². The SMILES string of the molecule is C[C@@H](NC(=O)/C(C#N)=C\c1ccc(CNC(=O)C(=O)Nc2ccccc2)o1)c1ccccc1. The molecule has 0 saturated carbocycles. The zero-order valence-electron chi connectivity index (χ0n) is 17.9. The molecule has 0 fully saturated rings. The molecule has 1 heterocycles. The lowest BCUT2D eigenvalue weighted by molar-refractivity contribution is -0.136. The molecule has 0 aliphatic rings. The number of carbonyl (C=O) groups is 3. The third-order valence-corrected chi connectivity index (χ3v) is 4.64. The van der Waals surface area contributed by atoms with E-state index >= 15 is 0 Å². The van der Waals surface area contributed by atoms with E-state index in [-0.39, 0.29) is 23.9 Å². The number of nitriles is 1. The van der Waals surface area contributed by atoms with Crippen molar-refractivity contribution in [2.24, 2.45) is 0 Å². The number of nitrogens with zero attached hydrogens (tertiary/aromatic N) is 1. The summed E-state index contributed by atoms with van der Waals surface area (Å²) in [5, 5.41) is 17.1. The van der Waals surface area contributed by atoms with Crippen LogP contribution < -0.4 is 16.0 Å². The summed E-state index contributed by atoms with van der Waals surface area (Å²) in [4.78, 5) is 36.4. The Morgan fingerprint density at radius 1 is 0.939 bits per heavy atom. The molecule has 3 N–H and O–H groups in total. The lowest BCUT2D eigenvalue weighted by atomic mass is 10.1. The van der Waals surface area contributed by atoms with E-state index in [0.717, 1.165) is 5.56 Å². The highest BCUT2D eigenvalue weighted by atomic mass is 16.3. The fraction of sp³-hybridized carbons (Fsp3) is 0.120. The molecule has 1 aromatic heterocycles. The maximum absolute atomic E-state index is 12.5. The Morgan fingerprint density at radius 2 is 1.61 bits per heavy atom. The molecule has 0 bridgehead atoms. The molecule has 0 aliphatic carbocycles. The quantitative estimate of drug-likeness (QED) is 0.294. The van der Waals surface area contributed by atoms with Gasteiger partial charge in [-0.25, -0.2) is 0 Å². The largest absolute Gasteiger partial charge is 0.460 e. The summed E-state index contributed by atoms with van der Waals surface area (Å²) < 4.78 is 5.55. The number of para-hydroxylation sites is 1. The molecule has 3 rings (SSSR count). The first kappa shape index (κ1) is 23.0. The van der Waals surface area contributed by atoms with E-state index in [1.165, 1.54) is 6.08 Å². The van der Waals surface area contributed by atoms with Crippen LogP contribution in [0.25, 0.3) is 6.08 Å². The molecule has 0 aliphatic heterocycles. The van der Waals surface area contributed by atoms with Crippen LogP contribution in [-0.2, 0) is 20.9 Å². The molecular weight excluding hydrogens is 420 g/mol. The summed E-state index contributed by atoms with van der Waals surface area (Å²) in [6, 6.07) is 22.7. The fourth-order valence-electron chi connectivity index (χ4n) is 2.91. The van der Waals surface area contributed by atoms with E-state index in [1.54, 1.807) is 42.5 Å². The summed E-state index contributed by atoms with van der Waals surface area (Å²) in [5.41, 5.74) is 1.30. The number of amides is 3. The van der Waals surface area contributed by atoms with E-state index in [4.69, 9.17) is 4.42 Å². The van der Waals surface area contributed by atoms with Gasteiger partial charge in [0.2, 0.25) is 0 Å². The molecule has 0 saturated heterocycles. The lowest BCUT2D eigenvalue weighted by Crippen LogP contribution is -2.34. The number of carbonyl (C=O) groups excluding carboxylic acids is 3. The van der Waals surface area contributed by atoms with Crippen LogP contribution >= 0.6 is 0 Å². The van der Waals surface area contributed by atoms with E-state index in [9.17, 15) is 19.6 Å². The number of hydrogen-bond acceptors (Lipinski definition) is 5. The Morgan fingerprint density at radius 3 is 2.27 bits per heavy atom. The second-order valence-corrected chi connectivity index (χ2v) is 7.08. The molecule has 0 radical (unpaired) electrons. The smallest absolute Gasteiger partial charge is 0.313 e. The summed E-state index contributed by atoms with van der Waals surface area (Å²) >= 11 is 0. The lowest BCUT2D eigenvalue weighted by Gasteiger charge is -2.13.